The molecule has 0 radical (unpaired) electrons. The third kappa shape index (κ3) is 3.76. The summed E-state index contributed by atoms with van der Waals surface area (Å²) in [4.78, 5) is 25.5. The van der Waals surface area contributed by atoms with E-state index in [4.69, 9.17) is 4.74 Å². The van der Waals surface area contributed by atoms with Gasteiger partial charge < -0.3 is 20.3 Å². The minimum Gasteiger partial charge on any atom is -0.370 e. The van der Waals surface area contributed by atoms with Crippen molar-refractivity contribution in [3.63, 3.8) is 0 Å². The van der Waals surface area contributed by atoms with Crippen molar-refractivity contribution < 1.29 is 14.3 Å². The normalized spacial score (nSPS) is 21.4. The number of hydrogen-bond donors (Lipinski definition) is 2. The second kappa shape index (κ2) is 7.58. The summed E-state index contributed by atoms with van der Waals surface area (Å²) in [6.07, 6.45) is 1.92. The van der Waals surface area contributed by atoms with E-state index < -0.39 is 0 Å². The molecule has 0 saturated carbocycles. The van der Waals surface area contributed by atoms with Crippen molar-refractivity contribution >= 4 is 35.6 Å². The second-order valence-corrected chi connectivity index (χ2v) is 5.28. The first kappa shape index (κ1) is 16.7. The van der Waals surface area contributed by atoms with Gasteiger partial charge in [-0.1, -0.05) is 0 Å². The predicted octanol–water partition coefficient (Wildman–Crippen LogP) is 1.16. The molecule has 2 amide bonds. The van der Waals surface area contributed by atoms with Gasteiger partial charge in [-0.3, -0.25) is 9.59 Å². The molecule has 0 aromatic heterocycles. The average Bonchev–Trinajstić information content (AvgIpc) is 3.03. The number of nitrogens with one attached hydrogen (secondary N) is 2. The van der Waals surface area contributed by atoms with Gasteiger partial charge in [0.05, 0.1) is 12.6 Å². The number of benzene rings is 1. The number of carbonyl (C=O) groups excluding carboxylic acids is 2. The van der Waals surface area contributed by atoms with E-state index in [1.165, 1.54) is 0 Å². The van der Waals surface area contributed by atoms with Crippen LogP contribution in [0.5, 0.6) is 0 Å². The Bertz CT molecular complexity index is 529. The number of carbonyl (C=O) groups is 2. The van der Waals surface area contributed by atoms with Crippen LogP contribution in [-0.2, 0) is 14.3 Å². The molecule has 1 atom stereocenters. The molecule has 2 saturated heterocycles. The molecule has 2 heterocycles. The number of halogens is 1. The summed E-state index contributed by atoms with van der Waals surface area (Å²) in [7, 11) is 0. The first-order valence-electron chi connectivity index (χ1n) is 7.26. The molecule has 0 aliphatic carbocycles. The minimum absolute atomic E-state index is 0. The largest absolute Gasteiger partial charge is 0.370 e. The predicted molar refractivity (Wildman–Crippen MR) is 86.5 cm³/mol. The lowest BCUT2D eigenvalue weighted by Crippen LogP contribution is -2.41. The molecule has 2 fully saturated rings. The Kier molecular flexibility index (Phi) is 5.76. The highest BCUT2D eigenvalue weighted by Gasteiger charge is 2.22. The summed E-state index contributed by atoms with van der Waals surface area (Å²) in [6, 6.07) is 7.25. The summed E-state index contributed by atoms with van der Waals surface area (Å²) < 4.78 is 5.11. The van der Waals surface area contributed by atoms with Crippen molar-refractivity contribution in [1.82, 2.24) is 5.32 Å². The zero-order valence-electron chi connectivity index (χ0n) is 12.2. The molecule has 0 unspecified atom stereocenters. The summed E-state index contributed by atoms with van der Waals surface area (Å²) in [5, 5.41) is 6.06. The SMILES string of the molecule is Cl.O=C(Nc1ccc(N2CCOCC2=O)cc1)[C@@H]1CCCN1. The number of rotatable bonds is 3. The van der Waals surface area contributed by atoms with Gasteiger partial charge in [0.15, 0.2) is 0 Å². The van der Waals surface area contributed by atoms with Crippen LogP contribution in [0.2, 0.25) is 0 Å². The number of morpholine rings is 1. The Labute approximate surface area is 135 Å². The van der Waals surface area contributed by atoms with E-state index in [1.807, 2.05) is 24.3 Å². The molecule has 6 nitrogen and oxygen atoms in total. The Morgan fingerprint density at radius 2 is 2.09 bits per heavy atom. The molecule has 2 N–H and O–H groups in total. The molecule has 0 spiro atoms. The van der Waals surface area contributed by atoms with E-state index in [-0.39, 0.29) is 36.9 Å². The van der Waals surface area contributed by atoms with Crippen LogP contribution in [0.4, 0.5) is 11.4 Å². The van der Waals surface area contributed by atoms with Crippen LogP contribution in [0.3, 0.4) is 0 Å². The van der Waals surface area contributed by atoms with Crippen LogP contribution in [0.1, 0.15) is 12.8 Å². The maximum absolute atomic E-state index is 12.0. The Hall–Kier alpha value is -1.63. The van der Waals surface area contributed by atoms with Gasteiger partial charge in [-0.25, -0.2) is 0 Å². The zero-order chi connectivity index (χ0) is 14.7. The number of amides is 2. The van der Waals surface area contributed by atoms with Crippen molar-refractivity contribution in [1.29, 1.82) is 0 Å². The molecule has 7 heteroatoms. The number of nitrogens with zero attached hydrogens (tertiary/aromatic N) is 1. The molecule has 120 valence electrons. The van der Waals surface area contributed by atoms with Crippen molar-refractivity contribution in [2.75, 3.05) is 36.5 Å². The van der Waals surface area contributed by atoms with Crippen molar-refractivity contribution in [3.05, 3.63) is 24.3 Å². The first-order chi connectivity index (χ1) is 10.2. The molecule has 3 rings (SSSR count). The van der Waals surface area contributed by atoms with E-state index in [2.05, 4.69) is 10.6 Å². The maximum Gasteiger partial charge on any atom is 0.253 e. The van der Waals surface area contributed by atoms with Crippen molar-refractivity contribution in [3.8, 4) is 0 Å². The molecule has 0 bridgehead atoms. The number of hydrogen-bond acceptors (Lipinski definition) is 4. The lowest BCUT2D eigenvalue weighted by atomic mass is 10.2. The molecule has 2 aliphatic heterocycles. The number of ether oxygens (including phenoxy) is 1. The summed E-state index contributed by atoms with van der Waals surface area (Å²) in [6.45, 7) is 2.15. The first-order valence-corrected chi connectivity index (χ1v) is 7.26. The highest BCUT2D eigenvalue weighted by molar-refractivity contribution is 5.97. The van der Waals surface area contributed by atoms with Gasteiger partial charge >= 0.3 is 0 Å². The topological polar surface area (TPSA) is 70.7 Å². The van der Waals surface area contributed by atoms with Crippen LogP contribution in [0.15, 0.2) is 24.3 Å². The van der Waals surface area contributed by atoms with Crippen molar-refractivity contribution in [2.45, 2.75) is 18.9 Å². The third-order valence-corrected chi connectivity index (χ3v) is 3.81. The standard InChI is InChI=1S/C15H19N3O3.ClH/c19-14-10-21-9-8-18(14)12-5-3-11(4-6-12)17-15(20)13-2-1-7-16-13;/h3-6,13,16H,1-2,7-10H2,(H,17,20);1H/t13-;/m0./s1. The Morgan fingerprint density at radius 3 is 2.73 bits per heavy atom. The molecule has 1 aromatic rings. The van der Waals surface area contributed by atoms with Crippen LogP contribution < -0.4 is 15.5 Å². The fourth-order valence-corrected chi connectivity index (χ4v) is 2.65. The van der Waals surface area contributed by atoms with Crippen LogP contribution in [0.25, 0.3) is 0 Å². The number of anilines is 2. The molecule has 1 aromatic carbocycles. The monoisotopic (exact) mass is 325 g/mol. The van der Waals surface area contributed by atoms with E-state index in [0.717, 1.165) is 30.8 Å². The molecule has 2 aliphatic rings. The Balaban J connectivity index is 0.00000176. The molecular formula is C15H20ClN3O3. The second-order valence-electron chi connectivity index (χ2n) is 5.28. The third-order valence-electron chi connectivity index (χ3n) is 3.81. The van der Waals surface area contributed by atoms with E-state index in [1.54, 1.807) is 4.90 Å². The van der Waals surface area contributed by atoms with Crippen molar-refractivity contribution in [2.24, 2.45) is 0 Å². The molecule has 22 heavy (non-hydrogen) atoms. The van der Waals surface area contributed by atoms with Gasteiger partial charge in [0, 0.05) is 17.9 Å². The fourth-order valence-electron chi connectivity index (χ4n) is 2.65. The lowest BCUT2D eigenvalue weighted by molar-refractivity contribution is -0.125. The van der Waals surface area contributed by atoms with Crippen LogP contribution in [-0.4, -0.2) is 44.2 Å². The van der Waals surface area contributed by atoms with Gasteiger partial charge in [0.1, 0.15) is 6.61 Å². The molecular weight excluding hydrogens is 306 g/mol. The Morgan fingerprint density at radius 1 is 1.32 bits per heavy atom. The summed E-state index contributed by atoms with van der Waals surface area (Å²) in [5.41, 5.74) is 1.58. The van der Waals surface area contributed by atoms with Crippen LogP contribution >= 0.6 is 12.4 Å². The van der Waals surface area contributed by atoms with Gasteiger partial charge in [-0.05, 0) is 43.7 Å². The van der Waals surface area contributed by atoms with E-state index in [9.17, 15) is 9.59 Å². The summed E-state index contributed by atoms with van der Waals surface area (Å²) >= 11 is 0. The smallest absolute Gasteiger partial charge is 0.253 e. The highest BCUT2D eigenvalue weighted by Crippen LogP contribution is 2.20. The lowest BCUT2D eigenvalue weighted by Gasteiger charge is -2.27. The quantitative estimate of drug-likeness (QED) is 0.875. The zero-order valence-corrected chi connectivity index (χ0v) is 13.0. The maximum atomic E-state index is 12.0. The summed E-state index contributed by atoms with van der Waals surface area (Å²) in [5.74, 6) is -0.0316. The minimum atomic E-state index is -0.0921. The van der Waals surface area contributed by atoms with Gasteiger partial charge in [-0.2, -0.15) is 0 Å². The van der Waals surface area contributed by atoms with E-state index in [0.29, 0.717) is 13.2 Å². The van der Waals surface area contributed by atoms with E-state index >= 15 is 0 Å². The highest BCUT2D eigenvalue weighted by atomic mass is 35.5. The van der Waals surface area contributed by atoms with Gasteiger partial charge in [0.25, 0.3) is 5.91 Å². The van der Waals surface area contributed by atoms with Gasteiger partial charge in [0.2, 0.25) is 5.91 Å². The average molecular weight is 326 g/mol. The van der Waals surface area contributed by atoms with Gasteiger partial charge in [-0.15, -0.1) is 12.4 Å². The fraction of sp³-hybridized carbons (Fsp3) is 0.467. The van der Waals surface area contributed by atoms with Crippen LogP contribution in [0, 0.1) is 0 Å².